The molecular formula is C17H19ClN2O4S. The lowest BCUT2D eigenvalue weighted by Crippen LogP contribution is -2.28. The van der Waals surface area contributed by atoms with Crippen molar-refractivity contribution < 1.29 is 18.0 Å². The van der Waals surface area contributed by atoms with Crippen LogP contribution in [0, 0.1) is 0 Å². The van der Waals surface area contributed by atoms with Crippen LogP contribution in [0.5, 0.6) is 0 Å². The summed E-state index contributed by atoms with van der Waals surface area (Å²) in [4.78, 5) is 17.1. The molecule has 0 fully saturated rings. The minimum absolute atomic E-state index is 0.0244. The van der Waals surface area contributed by atoms with Crippen LogP contribution in [-0.2, 0) is 14.9 Å². The lowest BCUT2D eigenvalue weighted by atomic mass is 10.1. The SMILES string of the molecule is CON(C)S(=O)(=O)c1cccc(C(=O)NC(C)c2ccc(Cl)cc2)c1. The van der Waals surface area contributed by atoms with E-state index in [1.54, 1.807) is 18.2 Å². The second-order valence-corrected chi connectivity index (χ2v) is 7.74. The summed E-state index contributed by atoms with van der Waals surface area (Å²) in [6.45, 7) is 1.83. The van der Waals surface area contributed by atoms with Gasteiger partial charge >= 0.3 is 0 Å². The summed E-state index contributed by atoms with van der Waals surface area (Å²) in [5.41, 5.74) is 1.13. The Hall–Kier alpha value is -1.93. The molecule has 1 atom stereocenters. The summed E-state index contributed by atoms with van der Waals surface area (Å²) in [6, 6.07) is 12.7. The summed E-state index contributed by atoms with van der Waals surface area (Å²) in [5.74, 6) is -0.375. The number of amides is 1. The Kier molecular flexibility index (Phi) is 6.18. The van der Waals surface area contributed by atoms with E-state index in [1.807, 2.05) is 19.1 Å². The van der Waals surface area contributed by atoms with E-state index in [9.17, 15) is 13.2 Å². The monoisotopic (exact) mass is 382 g/mol. The normalized spacial score (nSPS) is 12.8. The molecule has 0 heterocycles. The van der Waals surface area contributed by atoms with Crippen LogP contribution < -0.4 is 5.32 Å². The minimum Gasteiger partial charge on any atom is -0.346 e. The van der Waals surface area contributed by atoms with Gasteiger partial charge in [0.25, 0.3) is 15.9 Å². The molecule has 2 aromatic carbocycles. The number of hydroxylamine groups is 1. The van der Waals surface area contributed by atoms with Gasteiger partial charge in [0.15, 0.2) is 0 Å². The van der Waals surface area contributed by atoms with Gasteiger partial charge in [-0.1, -0.05) is 34.3 Å². The highest BCUT2D eigenvalue weighted by molar-refractivity contribution is 7.89. The van der Waals surface area contributed by atoms with Crippen LogP contribution in [-0.4, -0.2) is 33.0 Å². The number of nitrogens with one attached hydrogen (secondary N) is 1. The van der Waals surface area contributed by atoms with Gasteiger partial charge in [-0.15, -0.1) is 0 Å². The minimum atomic E-state index is -3.81. The number of nitrogens with zero attached hydrogens (tertiary/aromatic N) is 1. The molecule has 0 saturated carbocycles. The fourth-order valence-electron chi connectivity index (χ4n) is 2.16. The molecule has 2 aromatic rings. The number of rotatable bonds is 6. The molecule has 1 amide bonds. The van der Waals surface area contributed by atoms with Crippen molar-refractivity contribution >= 4 is 27.5 Å². The molecular weight excluding hydrogens is 364 g/mol. The van der Waals surface area contributed by atoms with Crippen molar-refractivity contribution in [1.82, 2.24) is 9.79 Å². The van der Waals surface area contributed by atoms with Crippen molar-refractivity contribution in [2.75, 3.05) is 14.2 Å². The van der Waals surface area contributed by atoms with Gasteiger partial charge in [0.05, 0.1) is 18.0 Å². The molecule has 6 nitrogen and oxygen atoms in total. The molecule has 0 saturated heterocycles. The maximum absolute atomic E-state index is 12.4. The highest BCUT2D eigenvalue weighted by Crippen LogP contribution is 2.19. The fourth-order valence-corrected chi connectivity index (χ4v) is 3.30. The Balaban J connectivity index is 2.20. The van der Waals surface area contributed by atoms with Gasteiger partial charge in [0, 0.05) is 17.6 Å². The van der Waals surface area contributed by atoms with Crippen molar-refractivity contribution in [3.63, 3.8) is 0 Å². The number of halogens is 1. The van der Waals surface area contributed by atoms with E-state index in [0.717, 1.165) is 10.0 Å². The summed E-state index contributed by atoms with van der Waals surface area (Å²) >= 11 is 5.86. The van der Waals surface area contributed by atoms with Crippen LogP contribution >= 0.6 is 11.6 Å². The first-order chi connectivity index (χ1) is 11.8. The molecule has 0 aliphatic heterocycles. The number of hydrogen-bond acceptors (Lipinski definition) is 4. The van der Waals surface area contributed by atoms with E-state index in [4.69, 9.17) is 16.4 Å². The van der Waals surface area contributed by atoms with Crippen molar-refractivity contribution in [3.05, 3.63) is 64.7 Å². The fraction of sp³-hybridized carbons (Fsp3) is 0.235. The standard InChI is InChI=1S/C17H19ClN2O4S/c1-12(13-7-9-15(18)10-8-13)19-17(21)14-5-4-6-16(11-14)25(22,23)20(2)24-3/h4-12H,1-3H3,(H,19,21). The summed E-state index contributed by atoms with van der Waals surface area (Å²) in [6.07, 6.45) is 0. The van der Waals surface area contributed by atoms with Gasteiger partial charge in [-0.05, 0) is 42.8 Å². The van der Waals surface area contributed by atoms with Crippen LogP contribution in [0.3, 0.4) is 0 Å². The van der Waals surface area contributed by atoms with E-state index < -0.39 is 10.0 Å². The zero-order valence-electron chi connectivity index (χ0n) is 14.1. The van der Waals surface area contributed by atoms with Crippen LogP contribution in [0.15, 0.2) is 53.4 Å². The van der Waals surface area contributed by atoms with E-state index >= 15 is 0 Å². The average molecular weight is 383 g/mol. The quantitative estimate of drug-likeness (QED) is 0.779. The Labute approximate surface area is 152 Å². The summed E-state index contributed by atoms with van der Waals surface area (Å²) in [7, 11) is -1.28. The third-order valence-corrected chi connectivity index (χ3v) is 5.63. The van der Waals surface area contributed by atoms with Gasteiger partial charge in [0.1, 0.15) is 0 Å². The van der Waals surface area contributed by atoms with Gasteiger partial charge in [-0.25, -0.2) is 8.42 Å². The van der Waals surface area contributed by atoms with E-state index in [-0.39, 0.29) is 22.4 Å². The molecule has 0 spiro atoms. The van der Waals surface area contributed by atoms with Gasteiger partial charge in [-0.3, -0.25) is 9.63 Å². The zero-order chi connectivity index (χ0) is 18.6. The molecule has 134 valence electrons. The number of carbonyl (C=O) groups excluding carboxylic acids is 1. The lowest BCUT2D eigenvalue weighted by Gasteiger charge is -2.16. The first-order valence-electron chi connectivity index (χ1n) is 7.45. The lowest BCUT2D eigenvalue weighted by molar-refractivity contribution is -0.0258. The number of hydrogen-bond donors (Lipinski definition) is 1. The van der Waals surface area contributed by atoms with Gasteiger partial charge in [-0.2, -0.15) is 0 Å². The highest BCUT2D eigenvalue weighted by Gasteiger charge is 2.22. The predicted molar refractivity (Wildman–Crippen MR) is 95.7 cm³/mol. The first kappa shape index (κ1) is 19.4. The third kappa shape index (κ3) is 4.58. The van der Waals surface area contributed by atoms with Crippen LogP contribution in [0.25, 0.3) is 0 Å². The third-order valence-electron chi connectivity index (χ3n) is 3.71. The van der Waals surface area contributed by atoms with E-state index in [1.165, 1.54) is 32.4 Å². The summed E-state index contributed by atoms with van der Waals surface area (Å²) in [5, 5.41) is 3.45. The number of benzene rings is 2. The molecule has 1 N–H and O–H groups in total. The maximum atomic E-state index is 12.4. The van der Waals surface area contributed by atoms with Gasteiger partial charge in [0.2, 0.25) is 0 Å². The van der Waals surface area contributed by atoms with Crippen LogP contribution in [0.1, 0.15) is 28.9 Å². The van der Waals surface area contributed by atoms with Gasteiger partial charge < -0.3 is 5.32 Å². The largest absolute Gasteiger partial charge is 0.346 e. The summed E-state index contributed by atoms with van der Waals surface area (Å²) < 4.78 is 25.3. The predicted octanol–water partition coefficient (Wildman–Crippen LogP) is 3.01. The molecule has 0 aromatic heterocycles. The second kappa shape index (κ2) is 7.97. The molecule has 0 radical (unpaired) electrons. The molecule has 0 aliphatic carbocycles. The van der Waals surface area contributed by atoms with E-state index in [0.29, 0.717) is 5.02 Å². The molecule has 25 heavy (non-hydrogen) atoms. The molecule has 0 aliphatic rings. The zero-order valence-corrected chi connectivity index (χ0v) is 15.6. The van der Waals surface area contributed by atoms with Crippen molar-refractivity contribution in [2.45, 2.75) is 17.9 Å². The molecule has 0 bridgehead atoms. The Morgan fingerprint density at radius 2 is 1.84 bits per heavy atom. The molecule has 8 heteroatoms. The van der Waals surface area contributed by atoms with E-state index in [2.05, 4.69) is 5.32 Å². The maximum Gasteiger partial charge on any atom is 0.264 e. The Bertz CT molecular complexity index is 853. The van der Waals surface area contributed by atoms with Crippen molar-refractivity contribution in [2.24, 2.45) is 0 Å². The van der Waals surface area contributed by atoms with Crippen molar-refractivity contribution in [3.8, 4) is 0 Å². The Morgan fingerprint density at radius 3 is 2.44 bits per heavy atom. The highest BCUT2D eigenvalue weighted by atomic mass is 35.5. The topological polar surface area (TPSA) is 75.7 Å². The molecule has 1 unspecified atom stereocenters. The second-order valence-electron chi connectivity index (χ2n) is 5.37. The molecule has 2 rings (SSSR count). The number of carbonyl (C=O) groups is 1. The van der Waals surface area contributed by atoms with Crippen LogP contribution in [0.4, 0.5) is 0 Å². The van der Waals surface area contributed by atoms with Crippen molar-refractivity contribution in [1.29, 1.82) is 0 Å². The Morgan fingerprint density at radius 1 is 1.20 bits per heavy atom. The smallest absolute Gasteiger partial charge is 0.264 e. The number of sulfonamides is 1. The average Bonchev–Trinajstić information content (AvgIpc) is 2.61. The first-order valence-corrected chi connectivity index (χ1v) is 9.27. The van der Waals surface area contributed by atoms with Crippen LogP contribution in [0.2, 0.25) is 5.02 Å².